The van der Waals surface area contributed by atoms with E-state index < -0.39 is 53.8 Å². The predicted octanol–water partition coefficient (Wildman–Crippen LogP) is 0.203. The number of hydrogen-bond acceptors (Lipinski definition) is 3. The van der Waals surface area contributed by atoms with Crippen LogP contribution in [0.1, 0.15) is 10.4 Å². The molecule has 1 aromatic carbocycles. The number of amides is 3. The first kappa shape index (κ1) is 13.1. The maximum absolute atomic E-state index is 13.4. The summed E-state index contributed by atoms with van der Waals surface area (Å²) < 4.78 is 39.5. The molecule has 0 aliphatic carbocycles. The lowest BCUT2D eigenvalue weighted by Crippen LogP contribution is -2.53. The van der Waals surface area contributed by atoms with E-state index in [0.29, 0.717) is 17.0 Å². The molecule has 3 amide bonds. The molecule has 1 saturated heterocycles. The number of carbonyl (C=O) groups is 3. The Bertz CT molecular complexity index is 550. The topological polar surface area (TPSA) is 66.5 Å². The van der Waals surface area contributed by atoms with Gasteiger partial charge < -0.3 is 4.90 Å². The van der Waals surface area contributed by atoms with E-state index in [1.165, 1.54) is 0 Å². The van der Waals surface area contributed by atoms with E-state index in [9.17, 15) is 27.6 Å². The molecule has 1 N–H and O–H groups in total. The fourth-order valence-corrected chi connectivity index (χ4v) is 1.69. The number of carbonyl (C=O) groups excluding carboxylic acids is 3. The van der Waals surface area contributed by atoms with Crippen molar-refractivity contribution in [3.63, 3.8) is 0 Å². The zero-order chi connectivity index (χ0) is 14.2. The Morgan fingerprint density at radius 3 is 2.00 bits per heavy atom. The SMILES string of the molecule is O=C1CN(C(=O)c2c(F)cc(F)cc2F)CC(=O)N1. The van der Waals surface area contributed by atoms with E-state index in [2.05, 4.69) is 0 Å². The molecule has 0 unspecified atom stereocenters. The highest BCUT2D eigenvalue weighted by molar-refractivity contribution is 6.05. The average Bonchev–Trinajstić information content (AvgIpc) is 2.25. The quantitative estimate of drug-likeness (QED) is 0.743. The molecule has 0 spiro atoms. The van der Waals surface area contributed by atoms with Crippen LogP contribution < -0.4 is 5.32 Å². The summed E-state index contributed by atoms with van der Waals surface area (Å²) >= 11 is 0. The van der Waals surface area contributed by atoms with E-state index >= 15 is 0 Å². The maximum atomic E-state index is 13.4. The summed E-state index contributed by atoms with van der Waals surface area (Å²) in [5.74, 6) is -6.64. The Morgan fingerprint density at radius 1 is 1.05 bits per heavy atom. The van der Waals surface area contributed by atoms with Crippen molar-refractivity contribution in [3.8, 4) is 0 Å². The minimum absolute atomic E-state index is 0.349. The number of piperazine rings is 1. The molecule has 0 aromatic heterocycles. The third kappa shape index (κ3) is 2.56. The molecule has 19 heavy (non-hydrogen) atoms. The van der Waals surface area contributed by atoms with E-state index in [1.54, 1.807) is 0 Å². The minimum Gasteiger partial charge on any atom is -0.320 e. The number of imide groups is 1. The summed E-state index contributed by atoms with van der Waals surface area (Å²) in [5, 5.41) is 1.93. The van der Waals surface area contributed by atoms with Crippen molar-refractivity contribution in [2.45, 2.75) is 0 Å². The van der Waals surface area contributed by atoms with Gasteiger partial charge in [-0.25, -0.2) is 13.2 Å². The van der Waals surface area contributed by atoms with Gasteiger partial charge in [-0.15, -0.1) is 0 Å². The molecular weight excluding hydrogens is 265 g/mol. The van der Waals surface area contributed by atoms with Crippen molar-refractivity contribution >= 4 is 17.7 Å². The molecule has 0 saturated carbocycles. The van der Waals surface area contributed by atoms with Gasteiger partial charge in [0.15, 0.2) is 0 Å². The second kappa shape index (κ2) is 4.71. The first-order chi connectivity index (χ1) is 8.88. The number of halogens is 3. The molecular formula is C11H7F3N2O3. The molecule has 2 rings (SSSR count). The van der Waals surface area contributed by atoms with Gasteiger partial charge in [-0.3, -0.25) is 19.7 Å². The van der Waals surface area contributed by atoms with Crippen molar-refractivity contribution in [1.82, 2.24) is 10.2 Å². The van der Waals surface area contributed by atoms with Gasteiger partial charge in [-0.05, 0) is 0 Å². The first-order valence-electron chi connectivity index (χ1n) is 5.15. The second-order valence-electron chi connectivity index (χ2n) is 3.88. The monoisotopic (exact) mass is 272 g/mol. The lowest BCUT2D eigenvalue weighted by Gasteiger charge is -2.25. The summed E-state index contributed by atoms with van der Waals surface area (Å²) in [6, 6.07) is 0.699. The standard InChI is InChI=1S/C11H7F3N2O3/c12-5-1-6(13)10(7(14)2-5)11(19)16-3-8(17)15-9(18)4-16/h1-2H,3-4H2,(H,15,17,18). The Morgan fingerprint density at radius 2 is 1.53 bits per heavy atom. The van der Waals surface area contributed by atoms with Gasteiger partial charge in [0.2, 0.25) is 11.8 Å². The van der Waals surface area contributed by atoms with E-state index in [0.717, 1.165) is 0 Å². The fourth-order valence-electron chi connectivity index (χ4n) is 1.69. The van der Waals surface area contributed by atoms with Crippen LogP contribution in [0.2, 0.25) is 0 Å². The smallest absolute Gasteiger partial charge is 0.260 e. The Kier molecular flexibility index (Phi) is 3.24. The molecule has 1 fully saturated rings. The van der Waals surface area contributed by atoms with Crippen LogP contribution in [0, 0.1) is 17.5 Å². The number of hydrogen-bond donors (Lipinski definition) is 1. The van der Waals surface area contributed by atoms with Gasteiger partial charge in [0.05, 0.1) is 0 Å². The first-order valence-corrected chi connectivity index (χ1v) is 5.15. The molecule has 1 aliphatic heterocycles. The third-order valence-electron chi connectivity index (χ3n) is 2.46. The molecule has 8 heteroatoms. The minimum atomic E-state index is -1.39. The molecule has 0 bridgehead atoms. The highest BCUT2D eigenvalue weighted by Gasteiger charge is 2.30. The van der Waals surface area contributed by atoms with Crippen LogP contribution in [0.5, 0.6) is 0 Å². The van der Waals surface area contributed by atoms with Crippen LogP contribution >= 0.6 is 0 Å². The van der Waals surface area contributed by atoms with Gasteiger partial charge in [-0.1, -0.05) is 0 Å². The van der Waals surface area contributed by atoms with Gasteiger partial charge in [0, 0.05) is 12.1 Å². The second-order valence-corrected chi connectivity index (χ2v) is 3.88. The number of rotatable bonds is 1. The van der Waals surface area contributed by atoms with Crippen molar-refractivity contribution in [2.75, 3.05) is 13.1 Å². The molecule has 1 aromatic rings. The molecule has 100 valence electrons. The molecule has 0 radical (unpaired) electrons. The highest BCUT2D eigenvalue weighted by atomic mass is 19.1. The summed E-state index contributed by atoms with van der Waals surface area (Å²) in [6.45, 7) is -0.998. The molecule has 1 heterocycles. The van der Waals surface area contributed by atoms with Crippen LogP contribution in [0.4, 0.5) is 13.2 Å². The average molecular weight is 272 g/mol. The van der Waals surface area contributed by atoms with Crippen molar-refractivity contribution in [2.24, 2.45) is 0 Å². The Balaban J connectivity index is 2.34. The number of nitrogens with one attached hydrogen (secondary N) is 1. The zero-order valence-corrected chi connectivity index (χ0v) is 9.37. The van der Waals surface area contributed by atoms with Gasteiger partial charge in [0.25, 0.3) is 5.91 Å². The summed E-state index contributed by atoms with van der Waals surface area (Å²) in [7, 11) is 0. The van der Waals surface area contributed by atoms with E-state index in [-0.39, 0.29) is 0 Å². The van der Waals surface area contributed by atoms with Crippen molar-refractivity contribution < 1.29 is 27.6 Å². The molecule has 1 aliphatic rings. The lowest BCUT2D eigenvalue weighted by molar-refractivity contribution is -0.135. The van der Waals surface area contributed by atoms with Gasteiger partial charge in [-0.2, -0.15) is 0 Å². The fraction of sp³-hybridized carbons (Fsp3) is 0.182. The van der Waals surface area contributed by atoms with E-state index in [1.807, 2.05) is 5.32 Å². The largest absolute Gasteiger partial charge is 0.320 e. The summed E-state index contributed by atoms with van der Waals surface area (Å²) in [6.07, 6.45) is 0. The van der Waals surface area contributed by atoms with Crippen LogP contribution in [0.25, 0.3) is 0 Å². The maximum Gasteiger partial charge on any atom is 0.260 e. The normalized spacial score (nSPS) is 15.4. The van der Waals surface area contributed by atoms with Crippen LogP contribution in [0.15, 0.2) is 12.1 Å². The van der Waals surface area contributed by atoms with Gasteiger partial charge in [0.1, 0.15) is 36.1 Å². The molecule has 5 nitrogen and oxygen atoms in total. The Labute approximate surface area is 105 Å². The van der Waals surface area contributed by atoms with Crippen molar-refractivity contribution in [3.05, 3.63) is 35.1 Å². The molecule has 0 atom stereocenters. The summed E-state index contributed by atoms with van der Waals surface area (Å²) in [4.78, 5) is 34.7. The zero-order valence-electron chi connectivity index (χ0n) is 9.37. The van der Waals surface area contributed by atoms with Gasteiger partial charge >= 0.3 is 0 Å². The van der Waals surface area contributed by atoms with Crippen molar-refractivity contribution in [1.29, 1.82) is 0 Å². The lowest BCUT2D eigenvalue weighted by atomic mass is 10.1. The Hall–Kier alpha value is -2.38. The third-order valence-corrected chi connectivity index (χ3v) is 2.46. The number of nitrogens with zero attached hydrogens (tertiary/aromatic N) is 1. The van der Waals surface area contributed by atoms with E-state index in [4.69, 9.17) is 0 Å². The summed E-state index contributed by atoms with van der Waals surface area (Å²) in [5.41, 5.74) is -0.996. The van der Waals surface area contributed by atoms with Crippen LogP contribution in [-0.2, 0) is 9.59 Å². The predicted molar refractivity (Wildman–Crippen MR) is 55.4 cm³/mol. The highest BCUT2D eigenvalue weighted by Crippen LogP contribution is 2.17. The number of benzene rings is 1. The van der Waals surface area contributed by atoms with Crippen LogP contribution in [0.3, 0.4) is 0 Å². The van der Waals surface area contributed by atoms with Crippen LogP contribution in [-0.4, -0.2) is 35.7 Å².